The summed E-state index contributed by atoms with van der Waals surface area (Å²) in [5.41, 5.74) is 9.49. The zero-order valence-corrected chi connectivity index (χ0v) is 12.1. The Labute approximate surface area is 123 Å². The highest BCUT2D eigenvalue weighted by Crippen LogP contribution is 2.33. The first-order chi connectivity index (χ1) is 10.2. The van der Waals surface area contributed by atoms with Crippen molar-refractivity contribution in [2.24, 2.45) is 0 Å². The topological polar surface area (TPSA) is 63.8 Å². The lowest BCUT2D eigenvalue weighted by molar-refractivity contribution is 0.570. The summed E-state index contributed by atoms with van der Waals surface area (Å²) in [6.45, 7) is 1.88. The van der Waals surface area contributed by atoms with Crippen LogP contribution in [0.4, 0.5) is 15.9 Å². The first-order valence-electron chi connectivity index (χ1n) is 7.33. The Kier molecular flexibility index (Phi) is 3.73. The zero-order valence-electron chi connectivity index (χ0n) is 12.1. The number of hydrogen-bond acceptors (Lipinski definition) is 4. The third-order valence-electron chi connectivity index (χ3n) is 3.99. The van der Waals surface area contributed by atoms with Gasteiger partial charge >= 0.3 is 0 Å². The minimum atomic E-state index is -0.345. The molecule has 0 bridgehead atoms. The number of nitrogens with two attached hydrogens (primary N) is 1. The first-order valence-corrected chi connectivity index (χ1v) is 7.33. The van der Waals surface area contributed by atoms with E-state index in [4.69, 9.17) is 5.73 Å². The summed E-state index contributed by atoms with van der Waals surface area (Å²) in [7, 11) is 0. The summed E-state index contributed by atoms with van der Waals surface area (Å²) in [6.07, 6.45) is 5.01. The molecule has 21 heavy (non-hydrogen) atoms. The van der Waals surface area contributed by atoms with Gasteiger partial charge in [0.2, 0.25) is 0 Å². The maximum atomic E-state index is 14.3. The van der Waals surface area contributed by atoms with Gasteiger partial charge < -0.3 is 11.1 Å². The molecular formula is C16H19FN4. The average molecular weight is 286 g/mol. The van der Waals surface area contributed by atoms with Crippen LogP contribution in [0.1, 0.15) is 42.6 Å². The number of anilines is 2. The predicted octanol–water partition coefficient (Wildman–Crippen LogP) is 3.25. The van der Waals surface area contributed by atoms with Crippen molar-refractivity contribution in [3.63, 3.8) is 0 Å². The van der Waals surface area contributed by atoms with Gasteiger partial charge in [0, 0.05) is 5.69 Å². The second kappa shape index (κ2) is 5.68. The van der Waals surface area contributed by atoms with E-state index in [2.05, 4.69) is 15.3 Å². The Balaban J connectivity index is 1.90. The van der Waals surface area contributed by atoms with Gasteiger partial charge in [-0.2, -0.15) is 0 Å². The summed E-state index contributed by atoms with van der Waals surface area (Å²) in [4.78, 5) is 8.01. The Morgan fingerprint density at radius 3 is 3.05 bits per heavy atom. The van der Waals surface area contributed by atoms with E-state index >= 15 is 0 Å². The molecule has 1 aromatic heterocycles. The lowest BCUT2D eigenvalue weighted by Gasteiger charge is -2.27. The number of rotatable bonds is 3. The second-order valence-electron chi connectivity index (χ2n) is 5.38. The number of nitrogen functional groups attached to an aromatic ring is 1. The third-order valence-corrected chi connectivity index (χ3v) is 3.99. The van der Waals surface area contributed by atoms with Crippen LogP contribution in [0.5, 0.6) is 0 Å². The van der Waals surface area contributed by atoms with Crippen LogP contribution in [0.2, 0.25) is 0 Å². The van der Waals surface area contributed by atoms with Crippen molar-refractivity contribution in [1.29, 1.82) is 0 Å². The van der Waals surface area contributed by atoms with Crippen LogP contribution < -0.4 is 11.1 Å². The molecule has 1 atom stereocenters. The highest BCUT2D eigenvalue weighted by atomic mass is 19.1. The monoisotopic (exact) mass is 286 g/mol. The van der Waals surface area contributed by atoms with Crippen LogP contribution in [-0.2, 0) is 12.8 Å². The molecule has 1 aromatic carbocycles. The maximum absolute atomic E-state index is 14.3. The van der Waals surface area contributed by atoms with E-state index in [0.29, 0.717) is 12.1 Å². The average Bonchev–Trinajstić information content (AvgIpc) is 2.49. The molecule has 3 N–H and O–H groups in total. The number of nitrogens with one attached hydrogen (secondary N) is 1. The molecule has 0 aliphatic heterocycles. The summed E-state index contributed by atoms with van der Waals surface area (Å²) in [5, 5.41) is 3.23. The Morgan fingerprint density at radius 1 is 1.38 bits per heavy atom. The molecule has 0 saturated heterocycles. The number of aryl methyl sites for hydroxylation is 2. The van der Waals surface area contributed by atoms with Crippen molar-refractivity contribution in [3.8, 4) is 0 Å². The normalized spacial score (nSPS) is 17.3. The largest absolute Gasteiger partial charge is 0.399 e. The van der Waals surface area contributed by atoms with Gasteiger partial charge in [-0.1, -0.05) is 13.0 Å². The van der Waals surface area contributed by atoms with Gasteiger partial charge in [0.1, 0.15) is 6.33 Å². The number of benzene rings is 1. The SMILES string of the molecule is CCc1ncnc(NC2CCCc3cc(N)ccc32)c1F. The fraction of sp³-hybridized carbons (Fsp3) is 0.375. The molecule has 1 unspecified atom stereocenters. The van der Waals surface area contributed by atoms with Crippen LogP contribution in [0.3, 0.4) is 0 Å². The van der Waals surface area contributed by atoms with Gasteiger partial charge in [-0.05, 0) is 48.9 Å². The highest BCUT2D eigenvalue weighted by Gasteiger charge is 2.22. The van der Waals surface area contributed by atoms with Gasteiger partial charge in [-0.15, -0.1) is 0 Å². The quantitative estimate of drug-likeness (QED) is 0.850. The van der Waals surface area contributed by atoms with Crippen molar-refractivity contribution in [2.45, 2.75) is 38.6 Å². The van der Waals surface area contributed by atoms with Crippen molar-refractivity contribution in [3.05, 3.63) is 47.2 Å². The number of hydrogen-bond donors (Lipinski definition) is 2. The van der Waals surface area contributed by atoms with Gasteiger partial charge in [0.15, 0.2) is 11.6 Å². The Morgan fingerprint density at radius 2 is 2.24 bits per heavy atom. The van der Waals surface area contributed by atoms with Crippen LogP contribution in [0.15, 0.2) is 24.5 Å². The van der Waals surface area contributed by atoms with E-state index < -0.39 is 0 Å². The molecule has 110 valence electrons. The molecule has 0 saturated carbocycles. The molecule has 0 amide bonds. The van der Waals surface area contributed by atoms with E-state index in [9.17, 15) is 4.39 Å². The van der Waals surface area contributed by atoms with E-state index in [1.54, 1.807) is 0 Å². The summed E-state index contributed by atoms with van der Waals surface area (Å²) in [6, 6.07) is 6.01. The number of nitrogens with zero attached hydrogens (tertiary/aromatic N) is 2. The smallest absolute Gasteiger partial charge is 0.186 e. The fourth-order valence-electron chi connectivity index (χ4n) is 2.90. The van der Waals surface area contributed by atoms with Gasteiger partial charge in [-0.3, -0.25) is 0 Å². The van der Waals surface area contributed by atoms with Crippen molar-refractivity contribution < 1.29 is 4.39 Å². The van der Waals surface area contributed by atoms with Gasteiger partial charge in [0.05, 0.1) is 11.7 Å². The van der Waals surface area contributed by atoms with Crippen LogP contribution in [0.25, 0.3) is 0 Å². The van der Waals surface area contributed by atoms with E-state index in [1.807, 2.05) is 25.1 Å². The van der Waals surface area contributed by atoms with Crippen molar-refractivity contribution in [2.75, 3.05) is 11.1 Å². The molecule has 5 heteroatoms. The number of halogens is 1. The van der Waals surface area contributed by atoms with Crippen LogP contribution >= 0.6 is 0 Å². The first kappa shape index (κ1) is 13.8. The predicted molar refractivity (Wildman–Crippen MR) is 81.5 cm³/mol. The summed E-state index contributed by atoms with van der Waals surface area (Å²) in [5.74, 6) is -0.0564. The standard InChI is InChI=1S/C16H19FN4/c1-2-13-15(17)16(20-9-19-13)21-14-5-3-4-10-8-11(18)6-7-12(10)14/h6-9,14H,2-5,18H2,1H3,(H,19,20,21). The molecular weight excluding hydrogens is 267 g/mol. The Bertz CT molecular complexity index is 657. The molecule has 0 spiro atoms. The second-order valence-corrected chi connectivity index (χ2v) is 5.38. The zero-order chi connectivity index (χ0) is 14.8. The lowest BCUT2D eigenvalue weighted by atomic mass is 9.87. The van der Waals surface area contributed by atoms with E-state index in [1.165, 1.54) is 17.5 Å². The maximum Gasteiger partial charge on any atom is 0.186 e. The van der Waals surface area contributed by atoms with E-state index in [-0.39, 0.29) is 17.7 Å². The van der Waals surface area contributed by atoms with Gasteiger partial charge in [0.25, 0.3) is 0 Å². The summed E-state index contributed by atoms with van der Waals surface area (Å²) >= 11 is 0. The molecule has 1 aliphatic carbocycles. The van der Waals surface area contributed by atoms with Crippen LogP contribution in [-0.4, -0.2) is 9.97 Å². The molecule has 2 aromatic rings. The van der Waals surface area contributed by atoms with Crippen LogP contribution in [0, 0.1) is 5.82 Å². The Hall–Kier alpha value is -2.17. The lowest BCUT2D eigenvalue weighted by Crippen LogP contribution is -2.19. The highest BCUT2D eigenvalue weighted by molar-refractivity contribution is 5.49. The molecule has 0 radical (unpaired) electrons. The third kappa shape index (κ3) is 2.68. The minimum absolute atomic E-state index is 0.0726. The van der Waals surface area contributed by atoms with Crippen molar-refractivity contribution in [1.82, 2.24) is 9.97 Å². The van der Waals surface area contributed by atoms with Gasteiger partial charge in [-0.25, -0.2) is 14.4 Å². The number of fused-ring (bicyclic) bond motifs is 1. The van der Waals surface area contributed by atoms with E-state index in [0.717, 1.165) is 24.9 Å². The molecule has 1 aliphatic rings. The molecule has 1 heterocycles. The summed E-state index contributed by atoms with van der Waals surface area (Å²) < 4.78 is 14.3. The molecule has 0 fully saturated rings. The van der Waals surface area contributed by atoms with Crippen molar-refractivity contribution >= 4 is 11.5 Å². The molecule has 4 nitrogen and oxygen atoms in total. The fourth-order valence-corrected chi connectivity index (χ4v) is 2.90. The minimum Gasteiger partial charge on any atom is -0.399 e. The number of aromatic nitrogens is 2. The molecule has 3 rings (SSSR count).